The van der Waals surface area contributed by atoms with E-state index in [-0.39, 0.29) is 70.1 Å². The average molecular weight is 303 g/mol. The fourth-order valence-corrected chi connectivity index (χ4v) is 2.23. The summed E-state index contributed by atoms with van der Waals surface area (Å²) in [5, 5.41) is 0.533. The normalized spacial score (nSPS) is 10.0. The van der Waals surface area contributed by atoms with Crippen molar-refractivity contribution < 1.29 is 55.8 Å². The molecule has 0 fully saturated rings. The van der Waals surface area contributed by atoms with Gasteiger partial charge in [-0.2, -0.15) is 4.98 Å². The second kappa shape index (κ2) is 7.65. The van der Waals surface area contributed by atoms with E-state index < -0.39 is 11.5 Å². The van der Waals surface area contributed by atoms with Crippen LogP contribution in [0.15, 0.2) is 10.9 Å². The third-order valence-electron chi connectivity index (χ3n) is 3.19. The number of hydrogen-bond donors (Lipinski definition) is 1. The number of benzene rings is 1. The molecule has 0 saturated heterocycles. The van der Waals surface area contributed by atoms with Gasteiger partial charge >= 0.3 is 57.1 Å². The Morgan fingerprint density at radius 3 is 2.50 bits per heavy atom. The fourth-order valence-electron chi connectivity index (χ4n) is 2.23. The second-order valence-electron chi connectivity index (χ2n) is 4.27. The number of rotatable bonds is 2. The number of hydrogen-bond acceptors (Lipinski definition) is 3. The van der Waals surface area contributed by atoms with E-state index in [0.717, 1.165) is 5.56 Å². The van der Waals surface area contributed by atoms with Gasteiger partial charge in [0.2, 0.25) is 0 Å². The Hall–Kier alpha value is -0.274. The smallest absolute Gasteiger partial charge is 0.384 e. The standard InChI is InChI=1S/C13H16FN3O.CH3.K/c1-4-8-6-7(3)9-11(10(8)14)16-13(18)17(5-2)12(9)15;;/h6H,4-5,15H2,1-3H3;1H3;/q;-1;+1. The Balaban J connectivity index is 0.00000180. The minimum atomic E-state index is -0.506. The van der Waals surface area contributed by atoms with Gasteiger partial charge in [-0.05, 0) is 31.4 Å². The molecule has 0 atom stereocenters. The molecule has 0 aliphatic heterocycles. The van der Waals surface area contributed by atoms with Crippen molar-refractivity contribution in [2.45, 2.75) is 33.7 Å². The van der Waals surface area contributed by atoms with Gasteiger partial charge in [-0.15, -0.1) is 0 Å². The van der Waals surface area contributed by atoms with Gasteiger partial charge in [-0.25, -0.2) is 9.18 Å². The van der Waals surface area contributed by atoms with Crippen molar-refractivity contribution >= 4 is 16.7 Å². The van der Waals surface area contributed by atoms with Crippen molar-refractivity contribution in [1.29, 1.82) is 0 Å². The van der Waals surface area contributed by atoms with Gasteiger partial charge in [0.1, 0.15) is 11.3 Å². The number of nitrogens with two attached hydrogens (primary N) is 1. The van der Waals surface area contributed by atoms with Gasteiger partial charge in [-0.1, -0.05) is 13.0 Å². The molecule has 0 bridgehead atoms. The molecule has 0 aliphatic rings. The number of fused-ring (bicyclic) bond motifs is 1. The van der Waals surface area contributed by atoms with Crippen molar-refractivity contribution in [1.82, 2.24) is 9.55 Å². The summed E-state index contributed by atoms with van der Waals surface area (Å²) >= 11 is 0. The molecule has 0 saturated carbocycles. The van der Waals surface area contributed by atoms with Gasteiger partial charge in [0.15, 0.2) is 5.82 Å². The van der Waals surface area contributed by atoms with Crippen LogP contribution in [-0.2, 0) is 13.0 Å². The number of anilines is 1. The topological polar surface area (TPSA) is 60.9 Å². The van der Waals surface area contributed by atoms with Crippen LogP contribution in [0.25, 0.3) is 10.9 Å². The Morgan fingerprint density at radius 1 is 1.40 bits per heavy atom. The van der Waals surface area contributed by atoms with Crippen molar-refractivity contribution in [3.05, 3.63) is 40.9 Å². The average Bonchev–Trinajstić information content (AvgIpc) is 2.33. The molecule has 1 aromatic heterocycles. The van der Waals surface area contributed by atoms with E-state index in [2.05, 4.69) is 4.98 Å². The third-order valence-corrected chi connectivity index (χ3v) is 3.19. The number of aromatic nitrogens is 2. The first kappa shape index (κ1) is 19.7. The van der Waals surface area contributed by atoms with E-state index in [1.54, 1.807) is 13.0 Å². The first-order valence-corrected chi connectivity index (χ1v) is 5.99. The second-order valence-corrected chi connectivity index (χ2v) is 4.27. The van der Waals surface area contributed by atoms with Crippen molar-refractivity contribution in [3.8, 4) is 0 Å². The fraction of sp³-hybridized carbons (Fsp3) is 0.357. The molecule has 2 rings (SSSR count). The molecule has 4 nitrogen and oxygen atoms in total. The van der Waals surface area contributed by atoms with Gasteiger partial charge in [0.05, 0.1) is 0 Å². The predicted molar refractivity (Wildman–Crippen MR) is 76.6 cm³/mol. The van der Waals surface area contributed by atoms with Crippen molar-refractivity contribution in [2.24, 2.45) is 0 Å². The maximum absolute atomic E-state index is 14.2. The first-order chi connectivity index (χ1) is 8.51. The van der Waals surface area contributed by atoms with Crippen LogP contribution in [0.1, 0.15) is 25.0 Å². The molecule has 2 N–H and O–H groups in total. The number of nitrogen functional groups attached to an aromatic ring is 1. The largest absolute Gasteiger partial charge is 1.00 e. The van der Waals surface area contributed by atoms with Crippen LogP contribution in [0.4, 0.5) is 10.2 Å². The van der Waals surface area contributed by atoms with E-state index in [9.17, 15) is 9.18 Å². The molecule has 1 heterocycles. The summed E-state index contributed by atoms with van der Waals surface area (Å²) in [6.07, 6.45) is 0.557. The van der Waals surface area contributed by atoms with E-state index in [4.69, 9.17) is 5.73 Å². The monoisotopic (exact) mass is 303 g/mol. The van der Waals surface area contributed by atoms with Crippen LogP contribution in [-0.4, -0.2) is 9.55 Å². The van der Waals surface area contributed by atoms with Crippen LogP contribution in [0, 0.1) is 20.2 Å². The van der Waals surface area contributed by atoms with E-state index in [1.807, 2.05) is 13.8 Å². The molecule has 0 amide bonds. The summed E-state index contributed by atoms with van der Waals surface area (Å²) in [4.78, 5) is 15.6. The maximum Gasteiger partial charge on any atom is 1.00 e. The molecule has 1 aromatic carbocycles. The molecule has 0 unspecified atom stereocenters. The summed E-state index contributed by atoms with van der Waals surface area (Å²) in [5.41, 5.74) is 6.92. The first-order valence-electron chi connectivity index (χ1n) is 5.99. The van der Waals surface area contributed by atoms with Crippen LogP contribution < -0.4 is 62.8 Å². The third kappa shape index (κ3) is 3.14. The van der Waals surface area contributed by atoms with Gasteiger partial charge < -0.3 is 13.2 Å². The molecule has 6 heteroatoms. The summed E-state index contributed by atoms with van der Waals surface area (Å²) in [6.45, 7) is 5.94. The van der Waals surface area contributed by atoms with Crippen LogP contribution in [0.2, 0.25) is 0 Å². The van der Waals surface area contributed by atoms with E-state index in [1.165, 1.54) is 4.57 Å². The van der Waals surface area contributed by atoms with Gasteiger partial charge in [0, 0.05) is 11.9 Å². The summed E-state index contributed by atoms with van der Waals surface area (Å²) in [6, 6.07) is 1.76. The molecular weight excluding hydrogens is 284 g/mol. The Morgan fingerprint density at radius 2 is 2.00 bits per heavy atom. The van der Waals surface area contributed by atoms with Gasteiger partial charge in [0.25, 0.3) is 0 Å². The molecule has 20 heavy (non-hydrogen) atoms. The zero-order valence-corrected chi connectivity index (χ0v) is 15.9. The molecule has 0 radical (unpaired) electrons. The zero-order chi connectivity index (χ0) is 13.4. The Bertz CT molecular complexity index is 682. The summed E-state index contributed by atoms with van der Waals surface area (Å²) in [7, 11) is 0. The number of aryl methyl sites for hydroxylation is 2. The van der Waals surface area contributed by atoms with Gasteiger partial charge in [-0.3, -0.25) is 4.57 Å². The van der Waals surface area contributed by atoms with E-state index in [0.29, 0.717) is 23.9 Å². The number of halogens is 1. The quantitative estimate of drug-likeness (QED) is 0.599. The Kier molecular flexibility index (Phi) is 7.55. The van der Waals surface area contributed by atoms with Crippen LogP contribution in [0.3, 0.4) is 0 Å². The molecule has 2 aromatic rings. The summed E-state index contributed by atoms with van der Waals surface area (Å²) < 4.78 is 15.5. The molecule has 104 valence electrons. The molecular formula is C14H19FKN3O. The number of nitrogens with zero attached hydrogens (tertiary/aromatic N) is 2. The molecule has 0 aliphatic carbocycles. The van der Waals surface area contributed by atoms with Crippen molar-refractivity contribution in [3.63, 3.8) is 0 Å². The van der Waals surface area contributed by atoms with Crippen molar-refractivity contribution in [2.75, 3.05) is 5.73 Å². The maximum atomic E-state index is 14.2. The Labute approximate surface area is 161 Å². The minimum absolute atomic E-state index is 0. The minimum Gasteiger partial charge on any atom is -0.384 e. The SMILES string of the molecule is CCc1cc(C)c2c(N)n(CC)c(=O)nc2c1F.[CH3-].[K+]. The molecule has 0 spiro atoms. The predicted octanol–water partition coefficient (Wildman–Crippen LogP) is -0.537. The summed E-state index contributed by atoms with van der Waals surface area (Å²) in [5.74, 6) is -0.156. The van der Waals surface area contributed by atoms with E-state index >= 15 is 0 Å². The van der Waals surface area contributed by atoms with Crippen LogP contribution in [0.5, 0.6) is 0 Å². The zero-order valence-electron chi connectivity index (χ0n) is 12.7. The van der Waals surface area contributed by atoms with Crippen LogP contribution >= 0.6 is 0 Å².